The third-order valence-corrected chi connectivity index (χ3v) is 0. The van der Waals surface area contributed by atoms with Crippen LogP contribution in [0.5, 0.6) is 0 Å². The molecule has 0 aliphatic carbocycles. The molecule has 31 valence electrons. The van der Waals surface area contributed by atoms with E-state index in [4.69, 9.17) is 14.4 Å². The lowest BCUT2D eigenvalue weighted by molar-refractivity contribution is 0.246. The summed E-state index contributed by atoms with van der Waals surface area (Å²) >= 11 is 0. The van der Waals surface area contributed by atoms with Crippen LogP contribution in [0.15, 0.2) is 0 Å². The number of hydrogen-bond acceptors (Lipinski definition) is 3. The Morgan fingerprint density at radius 3 is 1.20 bits per heavy atom. The van der Waals surface area contributed by atoms with Crippen LogP contribution < -0.4 is 0 Å². The zero-order chi connectivity index (χ0) is 4.50. The molecule has 0 spiro atoms. The van der Waals surface area contributed by atoms with Crippen molar-refractivity contribution < 1.29 is 14.4 Å². The van der Waals surface area contributed by atoms with Crippen molar-refractivity contribution in [3.63, 3.8) is 0 Å². The minimum Gasteiger partial charge on any atom is -0.390 e. The summed E-state index contributed by atoms with van der Waals surface area (Å²) in [6, 6.07) is 0. The normalized spacial score (nSPS) is 12.0. The van der Waals surface area contributed by atoms with Crippen molar-refractivity contribution in [2.24, 2.45) is 0 Å². The highest BCUT2D eigenvalue weighted by molar-refractivity contribution is 6.58. The Kier molecular flexibility index (Phi) is 1.08. The molecule has 0 fully saturated rings. The lowest BCUT2D eigenvalue weighted by Crippen LogP contribution is -2.29. The molecule has 0 bridgehead atoms. The van der Waals surface area contributed by atoms with Gasteiger partial charge < -0.3 is 14.4 Å². The van der Waals surface area contributed by atoms with Crippen molar-refractivity contribution >= 4 is 8.80 Å². The first-order valence-corrected chi connectivity index (χ1v) is 3.07. The minimum atomic E-state index is -3.86. The van der Waals surface area contributed by atoms with Crippen LogP contribution >= 0.6 is 0 Å². The lowest BCUT2D eigenvalue weighted by Gasteiger charge is -1.94. The summed E-state index contributed by atoms with van der Waals surface area (Å²) in [5, 5.41) is 0. The van der Waals surface area contributed by atoms with E-state index >= 15 is 0 Å². The second-order valence-electron chi connectivity index (χ2n) is 0.774. The molecule has 0 unspecified atom stereocenters. The molecule has 0 aliphatic rings. The average molecular weight is 93.1 g/mol. The molecule has 0 aromatic carbocycles. The van der Waals surface area contributed by atoms with Crippen LogP contribution in [0.4, 0.5) is 0 Å². The SMILES string of the molecule is [CH2][Si](O)(O)O. The second kappa shape index (κ2) is 1.06. The Morgan fingerprint density at radius 1 is 1.20 bits per heavy atom. The van der Waals surface area contributed by atoms with Crippen LogP contribution in [0.25, 0.3) is 0 Å². The molecule has 3 nitrogen and oxygen atoms in total. The molecule has 0 heterocycles. The van der Waals surface area contributed by atoms with E-state index < -0.39 is 8.80 Å². The van der Waals surface area contributed by atoms with Gasteiger partial charge in [-0.2, -0.15) is 0 Å². The summed E-state index contributed by atoms with van der Waals surface area (Å²) in [7, 11) is -3.86. The molecule has 0 aromatic heterocycles. The zero-order valence-corrected chi connectivity index (χ0v) is 3.55. The van der Waals surface area contributed by atoms with Crippen LogP contribution in [0, 0.1) is 6.55 Å². The van der Waals surface area contributed by atoms with E-state index in [2.05, 4.69) is 6.55 Å². The van der Waals surface area contributed by atoms with Gasteiger partial charge in [0.15, 0.2) is 0 Å². The molecule has 0 amide bonds. The molecular weight excluding hydrogens is 88.1 g/mol. The van der Waals surface area contributed by atoms with Crippen LogP contribution in [0.2, 0.25) is 0 Å². The molecule has 0 saturated carbocycles. The standard InChI is InChI=1S/CH5O3Si/c1-5(2,3)4/h2-4H,1H2. The molecule has 0 aromatic rings. The molecule has 1 radical (unpaired) electrons. The maximum atomic E-state index is 7.66. The first-order chi connectivity index (χ1) is 2.00. The van der Waals surface area contributed by atoms with Gasteiger partial charge >= 0.3 is 8.80 Å². The van der Waals surface area contributed by atoms with Crippen molar-refractivity contribution in [3.8, 4) is 0 Å². The van der Waals surface area contributed by atoms with E-state index in [1.165, 1.54) is 0 Å². The Labute approximate surface area is 30.9 Å². The molecule has 3 N–H and O–H groups in total. The van der Waals surface area contributed by atoms with Crippen molar-refractivity contribution in [1.82, 2.24) is 0 Å². The second-order valence-corrected chi connectivity index (χ2v) is 2.32. The average Bonchev–Trinajstić information content (AvgIpc) is 0.722. The fourth-order valence-corrected chi connectivity index (χ4v) is 0. The van der Waals surface area contributed by atoms with Crippen LogP contribution in [0.1, 0.15) is 0 Å². The Morgan fingerprint density at radius 2 is 1.20 bits per heavy atom. The van der Waals surface area contributed by atoms with Gasteiger partial charge in [-0.25, -0.2) is 0 Å². The Balaban J connectivity index is 3.02. The van der Waals surface area contributed by atoms with E-state index in [9.17, 15) is 0 Å². The van der Waals surface area contributed by atoms with E-state index in [0.29, 0.717) is 0 Å². The molecule has 0 atom stereocenters. The molecule has 0 aliphatic heterocycles. The van der Waals surface area contributed by atoms with Gasteiger partial charge in [0.25, 0.3) is 0 Å². The summed E-state index contributed by atoms with van der Waals surface area (Å²) in [6.45, 7) is 2.58. The van der Waals surface area contributed by atoms with E-state index in [0.717, 1.165) is 0 Å². The van der Waals surface area contributed by atoms with Gasteiger partial charge in [-0.15, -0.1) is 0 Å². The summed E-state index contributed by atoms with van der Waals surface area (Å²) in [4.78, 5) is 23.0. The summed E-state index contributed by atoms with van der Waals surface area (Å²) in [6.07, 6.45) is 0. The molecule has 4 heteroatoms. The van der Waals surface area contributed by atoms with Crippen molar-refractivity contribution in [2.45, 2.75) is 0 Å². The third-order valence-electron chi connectivity index (χ3n) is 0. The van der Waals surface area contributed by atoms with Gasteiger partial charge in [0, 0.05) is 6.55 Å². The highest BCUT2D eigenvalue weighted by Crippen LogP contribution is 1.72. The first kappa shape index (κ1) is 5.10. The topological polar surface area (TPSA) is 60.7 Å². The van der Waals surface area contributed by atoms with Crippen LogP contribution in [-0.4, -0.2) is 23.2 Å². The number of rotatable bonds is 0. The van der Waals surface area contributed by atoms with Crippen LogP contribution in [0.3, 0.4) is 0 Å². The Hall–Kier alpha value is 0.0969. The molecular formula is CH5O3Si. The fourth-order valence-electron chi connectivity index (χ4n) is 0. The quantitative estimate of drug-likeness (QED) is 0.312. The third kappa shape index (κ3) is 1920. The van der Waals surface area contributed by atoms with Crippen molar-refractivity contribution in [1.29, 1.82) is 0 Å². The highest BCUT2D eigenvalue weighted by atomic mass is 28.4. The van der Waals surface area contributed by atoms with Gasteiger partial charge in [0.2, 0.25) is 0 Å². The van der Waals surface area contributed by atoms with Gasteiger partial charge in [0.05, 0.1) is 0 Å². The first-order valence-electron chi connectivity index (χ1n) is 1.02. The lowest BCUT2D eigenvalue weighted by atomic mass is 11.9. The molecule has 0 saturated heterocycles. The van der Waals surface area contributed by atoms with Crippen LogP contribution in [-0.2, 0) is 0 Å². The fraction of sp³-hybridized carbons (Fsp3) is 0. The number of hydrogen-bond donors (Lipinski definition) is 3. The maximum absolute atomic E-state index is 7.66. The summed E-state index contributed by atoms with van der Waals surface area (Å²) < 4.78 is 0. The van der Waals surface area contributed by atoms with Gasteiger partial charge in [0.1, 0.15) is 0 Å². The van der Waals surface area contributed by atoms with E-state index in [1.807, 2.05) is 0 Å². The summed E-state index contributed by atoms with van der Waals surface area (Å²) in [5.41, 5.74) is 0. The van der Waals surface area contributed by atoms with Gasteiger partial charge in [-0.05, 0) is 0 Å². The van der Waals surface area contributed by atoms with E-state index in [-0.39, 0.29) is 0 Å². The van der Waals surface area contributed by atoms with Gasteiger partial charge in [-0.1, -0.05) is 0 Å². The van der Waals surface area contributed by atoms with Crippen molar-refractivity contribution in [3.05, 3.63) is 6.55 Å². The van der Waals surface area contributed by atoms with Crippen molar-refractivity contribution in [2.75, 3.05) is 0 Å². The summed E-state index contributed by atoms with van der Waals surface area (Å²) in [5.74, 6) is 0. The predicted octanol–water partition coefficient (Wildman–Crippen LogP) is -1.72. The van der Waals surface area contributed by atoms with E-state index in [1.54, 1.807) is 0 Å². The Bertz CT molecular complexity index is 22.4. The minimum absolute atomic E-state index is 2.58. The molecule has 0 rings (SSSR count). The predicted molar refractivity (Wildman–Crippen MR) is 17.8 cm³/mol. The zero-order valence-electron chi connectivity index (χ0n) is 2.55. The monoisotopic (exact) mass is 93.0 g/mol. The largest absolute Gasteiger partial charge is 0.492 e. The maximum Gasteiger partial charge on any atom is 0.492 e. The molecule has 5 heavy (non-hydrogen) atoms. The highest BCUT2D eigenvalue weighted by Gasteiger charge is 2.15. The smallest absolute Gasteiger partial charge is 0.390 e. The van der Waals surface area contributed by atoms with Gasteiger partial charge in [-0.3, -0.25) is 0 Å².